The van der Waals surface area contributed by atoms with Crippen molar-refractivity contribution in [2.75, 3.05) is 0 Å². The van der Waals surface area contributed by atoms with Gasteiger partial charge in [0.25, 0.3) is 0 Å². The van der Waals surface area contributed by atoms with Gasteiger partial charge in [-0.1, -0.05) is 6.08 Å². The number of carboxylic acids is 2. The number of carbonyl (C=O) groups is 2. The van der Waals surface area contributed by atoms with Gasteiger partial charge >= 0.3 is 11.9 Å². The van der Waals surface area contributed by atoms with Crippen LogP contribution in [0.4, 0.5) is 0 Å². The highest BCUT2D eigenvalue weighted by Crippen LogP contribution is 2.31. The molecular weight excluding hydrogens is 470 g/mol. The molecule has 0 bridgehead atoms. The number of carboxylic acid groups (broad SMARTS) is 2. The molecule has 0 radical (unpaired) electrons. The second-order valence-electron chi connectivity index (χ2n) is 7.29. The lowest BCUT2D eigenvalue weighted by Crippen LogP contribution is -2.02. The molecule has 0 aliphatic heterocycles. The molecule has 166 valence electrons. The monoisotopic (exact) mass is 485 g/mol. The largest absolute Gasteiger partial charge is 0.478 e. The number of nitrogens with zero attached hydrogens (tertiary/aromatic N) is 3. The number of rotatable bonds is 6. The van der Waals surface area contributed by atoms with Gasteiger partial charge < -0.3 is 10.2 Å². The molecule has 34 heavy (non-hydrogen) atoms. The summed E-state index contributed by atoms with van der Waals surface area (Å²) >= 11 is 3.44. The summed E-state index contributed by atoms with van der Waals surface area (Å²) in [4.78, 5) is 37.3. The molecule has 2 N–H and O–H groups in total. The maximum absolute atomic E-state index is 11.7. The molecule has 0 aliphatic carbocycles. The Bertz CT molecular complexity index is 1560. The molecule has 0 saturated carbocycles. The van der Waals surface area contributed by atoms with Crippen molar-refractivity contribution < 1.29 is 19.8 Å². The van der Waals surface area contributed by atoms with Gasteiger partial charge in [-0.2, -0.15) is 0 Å². The van der Waals surface area contributed by atoms with Crippen LogP contribution in [-0.2, 0) is 0 Å². The van der Waals surface area contributed by atoms with Crippen molar-refractivity contribution in [2.45, 2.75) is 0 Å². The quantitative estimate of drug-likeness (QED) is 0.301. The zero-order valence-corrected chi connectivity index (χ0v) is 19.0. The fourth-order valence-corrected chi connectivity index (χ4v) is 5.39. The zero-order chi connectivity index (χ0) is 23.7. The molecule has 5 rings (SSSR count). The van der Waals surface area contributed by atoms with Crippen LogP contribution >= 0.6 is 22.7 Å². The van der Waals surface area contributed by atoms with Crippen LogP contribution in [0.2, 0.25) is 0 Å². The fourth-order valence-electron chi connectivity index (χ4n) is 3.36. The summed E-state index contributed by atoms with van der Waals surface area (Å²) in [6.07, 6.45) is 7.00. The normalized spacial score (nSPS) is 11.3. The lowest BCUT2D eigenvalue weighted by Gasteiger charge is -2.08. The summed E-state index contributed by atoms with van der Waals surface area (Å²) in [6, 6.07) is 13.4. The third-order valence-corrected chi connectivity index (χ3v) is 7.17. The third kappa shape index (κ3) is 4.47. The van der Waals surface area contributed by atoms with Crippen LogP contribution in [0.5, 0.6) is 0 Å². The molecule has 0 atom stereocenters. The summed E-state index contributed by atoms with van der Waals surface area (Å²) in [6.45, 7) is 0. The van der Waals surface area contributed by atoms with Crippen molar-refractivity contribution in [3.05, 3.63) is 87.9 Å². The maximum atomic E-state index is 11.7. The minimum absolute atomic E-state index is 0.00364. The van der Waals surface area contributed by atoms with Crippen LogP contribution in [-0.4, -0.2) is 37.1 Å². The van der Waals surface area contributed by atoms with Gasteiger partial charge in [0.1, 0.15) is 0 Å². The van der Waals surface area contributed by atoms with E-state index in [0.717, 1.165) is 10.4 Å². The topological polar surface area (TPSA) is 113 Å². The smallest absolute Gasteiger partial charge is 0.335 e. The molecule has 0 aliphatic rings. The molecule has 5 aromatic heterocycles. The minimum atomic E-state index is -1.13. The van der Waals surface area contributed by atoms with E-state index in [-0.39, 0.29) is 22.5 Å². The van der Waals surface area contributed by atoms with E-state index in [1.165, 1.54) is 39.9 Å². The van der Waals surface area contributed by atoms with Gasteiger partial charge in [-0.25, -0.2) is 14.6 Å². The van der Waals surface area contributed by atoms with Gasteiger partial charge in [0, 0.05) is 22.7 Å². The molecule has 0 aromatic carbocycles. The summed E-state index contributed by atoms with van der Waals surface area (Å²) < 4.78 is 1.28. The summed E-state index contributed by atoms with van der Waals surface area (Å²) in [7, 11) is 0. The molecule has 0 fully saturated rings. The highest BCUT2D eigenvalue weighted by Gasteiger charge is 2.14. The minimum Gasteiger partial charge on any atom is -0.478 e. The van der Waals surface area contributed by atoms with Crippen LogP contribution in [0.25, 0.3) is 44.3 Å². The Morgan fingerprint density at radius 2 is 1.44 bits per heavy atom. The van der Waals surface area contributed by atoms with E-state index in [2.05, 4.69) is 32.5 Å². The number of pyridine rings is 3. The molecule has 0 saturated heterocycles. The first-order valence-electron chi connectivity index (χ1n) is 10.0. The van der Waals surface area contributed by atoms with Gasteiger partial charge in [-0.15, -0.1) is 22.7 Å². The number of hydrogen-bond donors (Lipinski definition) is 2. The highest BCUT2D eigenvalue weighted by atomic mass is 32.2. The molecule has 0 amide bonds. The first-order chi connectivity index (χ1) is 16.5. The number of aromatic nitrogens is 3. The predicted molar refractivity (Wildman–Crippen MR) is 133 cm³/mol. The SMILES string of the molecule is O=C(O)c1ccnc(-c2cc(C(=O)O)cc(-c3cc(/C=C/c4cc5ccsc5s4)ccn3)n2)c1. The van der Waals surface area contributed by atoms with Crippen LogP contribution in [0.3, 0.4) is 0 Å². The van der Waals surface area contributed by atoms with Crippen molar-refractivity contribution >= 4 is 56.2 Å². The van der Waals surface area contributed by atoms with E-state index in [9.17, 15) is 19.8 Å². The lowest BCUT2D eigenvalue weighted by atomic mass is 10.1. The van der Waals surface area contributed by atoms with Gasteiger partial charge in [0.2, 0.25) is 0 Å². The van der Waals surface area contributed by atoms with Crippen molar-refractivity contribution in [2.24, 2.45) is 0 Å². The van der Waals surface area contributed by atoms with Gasteiger partial charge in [-0.3, -0.25) is 9.97 Å². The third-order valence-electron chi connectivity index (χ3n) is 4.99. The van der Waals surface area contributed by atoms with Crippen molar-refractivity contribution in [3.8, 4) is 22.8 Å². The average molecular weight is 486 g/mol. The average Bonchev–Trinajstić information content (AvgIpc) is 3.45. The summed E-state index contributed by atoms with van der Waals surface area (Å²) in [5, 5.41) is 22.2. The van der Waals surface area contributed by atoms with Crippen LogP contribution in [0.1, 0.15) is 31.2 Å². The van der Waals surface area contributed by atoms with E-state index in [1.807, 2.05) is 24.3 Å². The summed E-state index contributed by atoms with van der Waals surface area (Å²) in [5.41, 5.74) is 2.28. The Kier molecular flexibility index (Phi) is 5.70. The number of fused-ring (bicyclic) bond motifs is 1. The van der Waals surface area contributed by atoms with Gasteiger partial charge in [-0.05, 0) is 65.6 Å². The molecule has 5 heterocycles. The van der Waals surface area contributed by atoms with E-state index < -0.39 is 11.9 Å². The Morgan fingerprint density at radius 3 is 2.15 bits per heavy atom. The van der Waals surface area contributed by atoms with E-state index in [0.29, 0.717) is 11.4 Å². The van der Waals surface area contributed by atoms with Crippen LogP contribution in [0, 0.1) is 0 Å². The first kappa shape index (κ1) is 21.6. The molecule has 0 spiro atoms. The van der Waals surface area contributed by atoms with E-state index >= 15 is 0 Å². The van der Waals surface area contributed by atoms with Crippen molar-refractivity contribution in [1.29, 1.82) is 0 Å². The Balaban J connectivity index is 1.52. The standard InChI is InChI=1S/C25H15N3O4S2/c29-23(30)15-4-7-27-20(11-15)22-13-17(24(31)32)12-21(28-22)19-9-14(3-6-26-19)1-2-18-10-16-5-8-33-25(16)34-18/h1-13H,(H,29,30)(H,31,32)/b2-1+. The number of hydrogen-bond acceptors (Lipinski definition) is 7. The molecular formula is C25H15N3O4S2. The maximum Gasteiger partial charge on any atom is 0.335 e. The molecule has 7 nitrogen and oxygen atoms in total. The molecule has 5 aromatic rings. The van der Waals surface area contributed by atoms with E-state index in [4.69, 9.17) is 0 Å². The summed E-state index contributed by atoms with van der Waals surface area (Å²) in [5.74, 6) is -2.24. The Morgan fingerprint density at radius 1 is 0.765 bits per heavy atom. The molecule has 0 unspecified atom stereocenters. The Labute approximate surface area is 201 Å². The lowest BCUT2D eigenvalue weighted by molar-refractivity contribution is 0.0686. The van der Waals surface area contributed by atoms with Crippen LogP contribution < -0.4 is 0 Å². The van der Waals surface area contributed by atoms with Crippen molar-refractivity contribution in [1.82, 2.24) is 15.0 Å². The first-order valence-corrected chi connectivity index (χ1v) is 11.7. The highest BCUT2D eigenvalue weighted by molar-refractivity contribution is 7.37. The van der Waals surface area contributed by atoms with E-state index in [1.54, 1.807) is 28.9 Å². The van der Waals surface area contributed by atoms with Gasteiger partial charge in [0.15, 0.2) is 0 Å². The molecule has 9 heteroatoms. The zero-order valence-electron chi connectivity index (χ0n) is 17.4. The van der Waals surface area contributed by atoms with Crippen LogP contribution in [0.15, 0.2) is 66.3 Å². The predicted octanol–water partition coefficient (Wildman–Crippen LogP) is 6.05. The second kappa shape index (κ2) is 8.97. The van der Waals surface area contributed by atoms with Crippen molar-refractivity contribution in [3.63, 3.8) is 0 Å². The second-order valence-corrected chi connectivity index (χ2v) is 9.54. The fraction of sp³-hybridized carbons (Fsp3) is 0. The van der Waals surface area contributed by atoms with Gasteiger partial charge in [0.05, 0.1) is 37.9 Å². The number of aromatic carboxylic acids is 2. The Hall–Kier alpha value is -4.21. The number of thiophene rings is 2.